The summed E-state index contributed by atoms with van der Waals surface area (Å²) in [5.74, 6) is 0. The van der Waals surface area contributed by atoms with Gasteiger partial charge in [-0.15, -0.1) is 0 Å². The van der Waals surface area contributed by atoms with Gasteiger partial charge < -0.3 is 30.6 Å². The number of rotatable bonds is 4. The van der Waals surface area contributed by atoms with E-state index >= 15 is 0 Å². The molecule has 0 N–H and O–H groups in total. The minimum atomic E-state index is -1.75. The predicted molar refractivity (Wildman–Crippen MR) is 147 cm³/mol. The van der Waals surface area contributed by atoms with Gasteiger partial charge in [0.15, 0.2) is 0 Å². The number of nitrogens with zero attached hydrogens (tertiary/aromatic N) is 7. The molecule has 0 atom stereocenters. The van der Waals surface area contributed by atoms with Crippen LogP contribution in [0.25, 0.3) is 45.6 Å². The van der Waals surface area contributed by atoms with Crippen LogP contribution >= 0.6 is 0 Å². The summed E-state index contributed by atoms with van der Waals surface area (Å²) in [6, 6.07) is 29.6. The van der Waals surface area contributed by atoms with Crippen LogP contribution < -0.4 is 0 Å². The van der Waals surface area contributed by atoms with E-state index in [0.717, 1.165) is 56.9 Å². The normalized spacial score (nSPS) is 9.61. The van der Waals surface area contributed by atoms with Gasteiger partial charge in [-0.05, 0) is 74.5 Å². The van der Waals surface area contributed by atoms with Crippen LogP contribution in [0.15, 0.2) is 91.0 Å². The molecule has 0 bridgehead atoms. The van der Waals surface area contributed by atoms with Crippen molar-refractivity contribution in [2.24, 2.45) is 0 Å². The summed E-state index contributed by atoms with van der Waals surface area (Å²) in [6.07, 6.45) is 0. The molecule has 5 rings (SSSR count). The van der Waals surface area contributed by atoms with E-state index in [1.807, 2.05) is 105 Å². The van der Waals surface area contributed by atoms with Gasteiger partial charge in [0.2, 0.25) is 0 Å². The molecule has 0 unspecified atom stereocenters. The standard InChI is InChI=1S/C27H21N5.Co.2NO3/c1-18-8-3-10-20(28-18)22-12-5-14-24(30-22)26-16-7-17-27(32-26)25-15-6-13-23(31-25)21-11-4-9-19(2)29-21;;2*2-1(3)4/h3-17H,1-2H3;;;/q;+2;2*-1. The van der Waals surface area contributed by atoms with Gasteiger partial charge in [-0.2, -0.15) is 0 Å². The third-order valence-electron chi connectivity index (χ3n) is 5.07. The molecule has 0 aliphatic carbocycles. The average Bonchev–Trinajstić information content (AvgIpc) is 2.93. The van der Waals surface area contributed by atoms with Gasteiger partial charge in [-0.3, -0.25) is 9.97 Å². The van der Waals surface area contributed by atoms with Gasteiger partial charge in [0.1, 0.15) is 0 Å². The van der Waals surface area contributed by atoms with Crippen LogP contribution in [0.3, 0.4) is 0 Å². The zero-order valence-corrected chi connectivity index (χ0v) is 22.6. The van der Waals surface area contributed by atoms with Crippen molar-refractivity contribution in [3.8, 4) is 45.6 Å². The van der Waals surface area contributed by atoms with Crippen LogP contribution in [0.2, 0.25) is 0 Å². The Morgan fingerprint density at radius 1 is 0.415 bits per heavy atom. The molecule has 0 saturated heterocycles. The van der Waals surface area contributed by atoms with Crippen molar-refractivity contribution in [3.63, 3.8) is 0 Å². The summed E-state index contributed by atoms with van der Waals surface area (Å²) >= 11 is 0. The Balaban J connectivity index is 0.000000583. The van der Waals surface area contributed by atoms with Crippen molar-refractivity contribution >= 4 is 0 Å². The Labute approximate surface area is 244 Å². The Morgan fingerprint density at radius 3 is 0.780 bits per heavy atom. The van der Waals surface area contributed by atoms with Crippen LogP contribution in [-0.2, 0) is 16.8 Å². The van der Waals surface area contributed by atoms with Gasteiger partial charge in [0.05, 0.1) is 55.7 Å². The topological polar surface area (TPSA) is 197 Å². The molecule has 41 heavy (non-hydrogen) atoms. The molecule has 14 heteroatoms. The second-order valence-corrected chi connectivity index (χ2v) is 8.00. The van der Waals surface area contributed by atoms with Crippen LogP contribution in [-0.4, -0.2) is 35.1 Å². The van der Waals surface area contributed by atoms with Crippen LogP contribution in [0, 0.1) is 44.5 Å². The Bertz CT molecular complexity index is 1510. The summed E-state index contributed by atoms with van der Waals surface area (Å²) in [5, 5.41) is 29.5. The third-order valence-corrected chi connectivity index (χ3v) is 5.07. The number of aromatic nitrogens is 5. The van der Waals surface area contributed by atoms with E-state index in [-0.39, 0.29) is 16.8 Å². The molecule has 13 nitrogen and oxygen atoms in total. The van der Waals surface area contributed by atoms with E-state index in [1.54, 1.807) is 0 Å². The van der Waals surface area contributed by atoms with Gasteiger partial charge in [0, 0.05) is 11.4 Å². The first-order valence-electron chi connectivity index (χ1n) is 11.6. The molecule has 0 aliphatic rings. The second-order valence-electron chi connectivity index (χ2n) is 8.00. The number of aryl methyl sites for hydroxylation is 2. The van der Waals surface area contributed by atoms with Gasteiger partial charge in [-0.25, -0.2) is 15.0 Å². The smallest absolute Gasteiger partial charge is 0.356 e. The molecule has 0 spiro atoms. The fourth-order valence-electron chi connectivity index (χ4n) is 3.53. The van der Waals surface area contributed by atoms with Crippen molar-refractivity contribution < 1.29 is 27.0 Å². The fourth-order valence-corrected chi connectivity index (χ4v) is 3.53. The number of pyridine rings is 5. The SMILES string of the molecule is Cc1cccc(-c2cccc(-c3cccc(-c4cccc(-c5cccc(C)n5)n4)n3)n2)n1.O=[N+]([O-])[O-].O=[N+]([O-])[O-].[Co+2]. The van der Waals surface area contributed by atoms with E-state index < -0.39 is 10.2 Å². The molecule has 5 aromatic heterocycles. The molecule has 0 fully saturated rings. The largest absolute Gasteiger partial charge is 2.00 e. The summed E-state index contributed by atoms with van der Waals surface area (Å²) in [5.41, 5.74) is 8.44. The molecular weight excluding hydrogens is 577 g/mol. The van der Waals surface area contributed by atoms with Crippen molar-refractivity contribution in [1.29, 1.82) is 0 Å². The average molecular weight is 598 g/mol. The maximum absolute atomic E-state index is 8.25. The summed E-state index contributed by atoms with van der Waals surface area (Å²) in [7, 11) is 0. The maximum Gasteiger partial charge on any atom is 2.00 e. The molecule has 5 heterocycles. The van der Waals surface area contributed by atoms with E-state index in [4.69, 9.17) is 45.6 Å². The molecular formula is C27H21CoN7O6. The van der Waals surface area contributed by atoms with Crippen LogP contribution in [0.4, 0.5) is 0 Å². The quantitative estimate of drug-likeness (QED) is 0.188. The maximum atomic E-state index is 8.25. The first-order valence-corrected chi connectivity index (χ1v) is 11.6. The summed E-state index contributed by atoms with van der Waals surface area (Å²) in [6.45, 7) is 3.96. The molecule has 0 saturated carbocycles. The molecule has 1 radical (unpaired) electrons. The van der Waals surface area contributed by atoms with E-state index in [9.17, 15) is 0 Å². The fraction of sp³-hybridized carbons (Fsp3) is 0.0741. The summed E-state index contributed by atoms with van der Waals surface area (Å²) in [4.78, 5) is 40.1. The summed E-state index contributed by atoms with van der Waals surface area (Å²) < 4.78 is 0. The molecule has 0 aliphatic heterocycles. The Morgan fingerprint density at radius 2 is 0.585 bits per heavy atom. The zero-order chi connectivity index (χ0) is 29.1. The van der Waals surface area contributed by atoms with Crippen LogP contribution in [0.5, 0.6) is 0 Å². The van der Waals surface area contributed by atoms with Gasteiger partial charge in [0.25, 0.3) is 0 Å². The van der Waals surface area contributed by atoms with E-state index in [2.05, 4.69) is 9.97 Å². The number of hydrogen-bond donors (Lipinski definition) is 0. The molecule has 5 aromatic rings. The van der Waals surface area contributed by atoms with Gasteiger partial charge >= 0.3 is 16.8 Å². The van der Waals surface area contributed by atoms with E-state index in [0.29, 0.717) is 0 Å². The number of hydrogen-bond acceptors (Lipinski definition) is 11. The molecule has 0 amide bonds. The van der Waals surface area contributed by atoms with Crippen molar-refractivity contribution in [2.75, 3.05) is 0 Å². The Hall–Kier alpha value is -5.34. The first-order chi connectivity index (χ1) is 19.1. The van der Waals surface area contributed by atoms with Crippen molar-refractivity contribution in [3.05, 3.63) is 133 Å². The molecule has 0 aromatic carbocycles. The van der Waals surface area contributed by atoms with Crippen molar-refractivity contribution in [2.45, 2.75) is 13.8 Å². The van der Waals surface area contributed by atoms with Gasteiger partial charge in [-0.1, -0.05) is 30.3 Å². The predicted octanol–water partition coefficient (Wildman–Crippen LogP) is 5.47. The minimum absolute atomic E-state index is 0. The van der Waals surface area contributed by atoms with E-state index in [1.165, 1.54) is 0 Å². The van der Waals surface area contributed by atoms with Crippen LogP contribution in [0.1, 0.15) is 11.4 Å². The minimum Gasteiger partial charge on any atom is -0.356 e. The first kappa shape index (κ1) is 31.9. The molecule has 209 valence electrons. The third kappa shape index (κ3) is 10.0. The second kappa shape index (κ2) is 15.3. The Kier molecular flexibility index (Phi) is 11.9. The monoisotopic (exact) mass is 598 g/mol. The zero-order valence-electron chi connectivity index (χ0n) is 21.6. The van der Waals surface area contributed by atoms with Crippen molar-refractivity contribution in [1.82, 2.24) is 24.9 Å².